The van der Waals surface area contributed by atoms with Gasteiger partial charge in [-0.15, -0.1) is 6.42 Å². The molecule has 0 aromatic heterocycles. The molecular weight excluding hydrogens is 164 g/mol. The summed E-state index contributed by atoms with van der Waals surface area (Å²) >= 11 is 0. The van der Waals surface area contributed by atoms with Crippen molar-refractivity contribution in [2.75, 3.05) is 19.6 Å². The fourth-order valence-corrected chi connectivity index (χ4v) is 0.811. The van der Waals surface area contributed by atoms with Gasteiger partial charge in [0, 0.05) is 6.54 Å². The van der Waals surface area contributed by atoms with Gasteiger partial charge in [-0.05, 0) is 12.3 Å². The largest absolute Gasteiger partial charge is 0.355 e. The van der Waals surface area contributed by atoms with Crippen molar-refractivity contribution in [2.24, 2.45) is 5.92 Å². The third kappa shape index (κ3) is 8.90. The Kier molecular flexibility index (Phi) is 7.04. The Bertz CT molecular complexity index is 182. The molecule has 13 heavy (non-hydrogen) atoms. The molecule has 0 aromatic rings. The van der Waals surface area contributed by atoms with E-state index in [9.17, 15) is 4.79 Å². The maximum atomic E-state index is 11.1. The molecule has 0 rings (SSSR count). The lowest BCUT2D eigenvalue weighted by Crippen LogP contribution is -2.34. The van der Waals surface area contributed by atoms with E-state index >= 15 is 0 Å². The molecule has 0 unspecified atom stereocenters. The van der Waals surface area contributed by atoms with Crippen molar-refractivity contribution in [1.82, 2.24) is 10.6 Å². The molecule has 0 saturated heterocycles. The minimum atomic E-state index is 0.0101. The average Bonchev–Trinajstić information content (AvgIpc) is 2.04. The first-order chi connectivity index (χ1) is 6.16. The van der Waals surface area contributed by atoms with Crippen molar-refractivity contribution in [3.8, 4) is 12.3 Å². The topological polar surface area (TPSA) is 41.1 Å². The van der Waals surface area contributed by atoms with Crippen LogP contribution in [-0.4, -0.2) is 25.5 Å². The number of terminal acetylenes is 1. The minimum Gasteiger partial charge on any atom is -0.355 e. The molecule has 0 aliphatic heterocycles. The Hall–Kier alpha value is -1.01. The normalized spacial score (nSPS) is 9.69. The molecule has 0 aliphatic carbocycles. The highest BCUT2D eigenvalue weighted by atomic mass is 16.1. The molecular formula is C10H18N2O. The molecule has 0 aliphatic rings. The van der Waals surface area contributed by atoms with Crippen LogP contribution in [0.2, 0.25) is 0 Å². The van der Waals surface area contributed by atoms with Gasteiger partial charge in [-0.25, -0.2) is 0 Å². The molecule has 0 saturated carbocycles. The van der Waals surface area contributed by atoms with Gasteiger partial charge in [0.1, 0.15) is 0 Å². The van der Waals surface area contributed by atoms with Gasteiger partial charge in [-0.1, -0.05) is 19.8 Å². The van der Waals surface area contributed by atoms with Crippen LogP contribution in [0, 0.1) is 18.3 Å². The van der Waals surface area contributed by atoms with Crippen LogP contribution >= 0.6 is 0 Å². The molecule has 0 aromatic carbocycles. The first-order valence-electron chi connectivity index (χ1n) is 4.57. The number of hydrogen-bond donors (Lipinski definition) is 2. The van der Waals surface area contributed by atoms with Crippen LogP contribution in [-0.2, 0) is 4.79 Å². The zero-order valence-electron chi connectivity index (χ0n) is 8.39. The highest BCUT2D eigenvalue weighted by molar-refractivity contribution is 5.77. The van der Waals surface area contributed by atoms with E-state index in [1.54, 1.807) is 0 Å². The molecule has 3 nitrogen and oxygen atoms in total. The van der Waals surface area contributed by atoms with E-state index in [4.69, 9.17) is 6.42 Å². The summed E-state index contributed by atoms with van der Waals surface area (Å²) in [6.07, 6.45) is 6.03. The second kappa shape index (κ2) is 7.63. The Labute approximate surface area is 80.3 Å². The van der Waals surface area contributed by atoms with E-state index in [-0.39, 0.29) is 5.91 Å². The van der Waals surface area contributed by atoms with Gasteiger partial charge in [0.15, 0.2) is 0 Å². The Morgan fingerprint density at radius 2 is 2.23 bits per heavy atom. The first kappa shape index (κ1) is 12.0. The van der Waals surface area contributed by atoms with Crippen LogP contribution < -0.4 is 10.6 Å². The number of nitrogens with one attached hydrogen (secondary N) is 2. The Morgan fingerprint density at radius 3 is 2.77 bits per heavy atom. The van der Waals surface area contributed by atoms with E-state index in [0.717, 1.165) is 13.0 Å². The monoisotopic (exact) mass is 182 g/mol. The number of carbonyl (C=O) groups is 1. The van der Waals surface area contributed by atoms with Crippen molar-refractivity contribution >= 4 is 5.91 Å². The maximum Gasteiger partial charge on any atom is 0.233 e. The molecule has 0 heterocycles. The molecule has 2 N–H and O–H groups in total. The number of amides is 1. The van der Waals surface area contributed by atoms with E-state index < -0.39 is 0 Å². The summed E-state index contributed by atoms with van der Waals surface area (Å²) in [6.45, 7) is 5.75. The predicted octanol–water partition coefficient (Wildman–Crippen LogP) is 0.371. The summed E-state index contributed by atoms with van der Waals surface area (Å²) in [4.78, 5) is 11.1. The zero-order chi connectivity index (χ0) is 10.1. The molecule has 0 atom stereocenters. The van der Waals surface area contributed by atoms with Crippen LogP contribution in [0.4, 0.5) is 0 Å². The quantitative estimate of drug-likeness (QED) is 0.460. The van der Waals surface area contributed by atoms with Crippen LogP contribution in [0.1, 0.15) is 20.3 Å². The van der Waals surface area contributed by atoms with E-state index in [1.807, 2.05) is 0 Å². The lowest BCUT2D eigenvalue weighted by Gasteiger charge is -2.06. The van der Waals surface area contributed by atoms with Crippen LogP contribution in [0.25, 0.3) is 0 Å². The Balaban J connectivity index is 3.26. The van der Waals surface area contributed by atoms with E-state index in [1.165, 1.54) is 0 Å². The highest BCUT2D eigenvalue weighted by Gasteiger charge is 1.99. The third-order valence-electron chi connectivity index (χ3n) is 1.56. The van der Waals surface area contributed by atoms with Gasteiger partial charge >= 0.3 is 0 Å². The molecule has 74 valence electrons. The summed E-state index contributed by atoms with van der Waals surface area (Å²) in [5, 5.41) is 5.63. The van der Waals surface area contributed by atoms with Crippen LogP contribution in [0.3, 0.4) is 0 Å². The van der Waals surface area contributed by atoms with Gasteiger partial charge in [-0.2, -0.15) is 0 Å². The second-order valence-electron chi connectivity index (χ2n) is 3.34. The first-order valence-corrected chi connectivity index (χ1v) is 4.57. The summed E-state index contributed by atoms with van der Waals surface area (Å²) < 4.78 is 0. The van der Waals surface area contributed by atoms with Gasteiger partial charge in [-0.3, -0.25) is 10.1 Å². The standard InChI is InChI=1S/C10H18N2O/c1-4-6-11-8-10(13)12-7-5-9(2)3/h1,9,11H,5-8H2,2-3H3,(H,12,13). The molecule has 0 radical (unpaired) electrons. The lowest BCUT2D eigenvalue weighted by atomic mass is 10.1. The third-order valence-corrected chi connectivity index (χ3v) is 1.56. The average molecular weight is 182 g/mol. The summed E-state index contributed by atoms with van der Waals surface area (Å²) in [6, 6.07) is 0. The fraction of sp³-hybridized carbons (Fsp3) is 0.700. The van der Waals surface area contributed by atoms with Crippen molar-refractivity contribution < 1.29 is 4.79 Å². The van der Waals surface area contributed by atoms with Gasteiger partial charge < -0.3 is 5.32 Å². The fourth-order valence-electron chi connectivity index (χ4n) is 0.811. The van der Waals surface area contributed by atoms with E-state index in [2.05, 4.69) is 30.4 Å². The molecule has 0 bridgehead atoms. The van der Waals surface area contributed by atoms with Crippen molar-refractivity contribution in [1.29, 1.82) is 0 Å². The van der Waals surface area contributed by atoms with Crippen LogP contribution in [0.15, 0.2) is 0 Å². The van der Waals surface area contributed by atoms with Crippen molar-refractivity contribution in [2.45, 2.75) is 20.3 Å². The van der Waals surface area contributed by atoms with Crippen molar-refractivity contribution in [3.05, 3.63) is 0 Å². The number of carbonyl (C=O) groups excluding carboxylic acids is 1. The SMILES string of the molecule is C#CCNCC(=O)NCCC(C)C. The highest BCUT2D eigenvalue weighted by Crippen LogP contribution is 1.95. The lowest BCUT2D eigenvalue weighted by molar-refractivity contribution is -0.120. The minimum absolute atomic E-state index is 0.0101. The second-order valence-corrected chi connectivity index (χ2v) is 3.34. The van der Waals surface area contributed by atoms with Crippen LogP contribution in [0.5, 0.6) is 0 Å². The number of rotatable bonds is 6. The van der Waals surface area contributed by atoms with E-state index in [0.29, 0.717) is 19.0 Å². The van der Waals surface area contributed by atoms with Gasteiger partial charge in [0.05, 0.1) is 13.1 Å². The maximum absolute atomic E-state index is 11.1. The summed E-state index contributed by atoms with van der Waals surface area (Å²) in [5.41, 5.74) is 0. The Morgan fingerprint density at radius 1 is 1.54 bits per heavy atom. The number of hydrogen-bond acceptors (Lipinski definition) is 2. The molecule has 1 amide bonds. The summed E-state index contributed by atoms with van der Waals surface area (Å²) in [7, 11) is 0. The van der Waals surface area contributed by atoms with Gasteiger partial charge in [0.2, 0.25) is 5.91 Å². The zero-order valence-corrected chi connectivity index (χ0v) is 8.39. The predicted molar refractivity (Wildman–Crippen MR) is 54.2 cm³/mol. The molecule has 0 fully saturated rings. The smallest absolute Gasteiger partial charge is 0.233 e. The summed E-state index contributed by atoms with van der Waals surface area (Å²) in [5.74, 6) is 3.04. The molecule has 3 heteroatoms. The van der Waals surface area contributed by atoms with Gasteiger partial charge in [0.25, 0.3) is 0 Å². The molecule has 0 spiro atoms. The van der Waals surface area contributed by atoms with Crippen molar-refractivity contribution in [3.63, 3.8) is 0 Å².